The van der Waals surface area contributed by atoms with Crippen molar-refractivity contribution in [2.45, 2.75) is 20.3 Å². The fourth-order valence-electron chi connectivity index (χ4n) is 1.29. The Morgan fingerprint density at radius 2 is 2.27 bits per heavy atom. The van der Waals surface area contributed by atoms with E-state index in [1.165, 1.54) is 0 Å². The molecular weight excluding hydrogens is 190 g/mol. The summed E-state index contributed by atoms with van der Waals surface area (Å²) in [5.74, 6) is 1.34. The van der Waals surface area contributed by atoms with Gasteiger partial charge in [-0.3, -0.25) is 0 Å². The molecule has 0 atom stereocenters. The van der Waals surface area contributed by atoms with E-state index < -0.39 is 0 Å². The van der Waals surface area contributed by atoms with Gasteiger partial charge < -0.3 is 10.3 Å². The number of fused-ring (bicyclic) bond motifs is 1. The van der Waals surface area contributed by atoms with E-state index in [1.54, 1.807) is 12.5 Å². The molecule has 2 aromatic rings. The summed E-state index contributed by atoms with van der Waals surface area (Å²) < 4.78 is 0. The molecule has 0 aliphatic carbocycles. The van der Waals surface area contributed by atoms with Crippen LogP contribution in [-0.2, 0) is 0 Å². The molecule has 0 spiro atoms. The zero-order valence-electron chi connectivity index (χ0n) is 8.99. The molecule has 5 heteroatoms. The Labute approximate surface area is 88.4 Å². The van der Waals surface area contributed by atoms with Crippen molar-refractivity contribution >= 4 is 17.1 Å². The number of nitrogens with one attached hydrogen (secondary N) is 2. The highest BCUT2D eigenvalue weighted by Crippen LogP contribution is 2.07. The van der Waals surface area contributed by atoms with E-state index in [-0.39, 0.29) is 0 Å². The molecule has 80 valence electrons. The summed E-state index contributed by atoms with van der Waals surface area (Å²) in [6.45, 7) is 5.28. The third-order valence-corrected chi connectivity index (χ3v) is 2.18. The second-order valence-electron chi connectivity index (χ2n) is 3.94. The minimum Gasteiger partial charge on any atom is -0.354 e. The lowest BCUT2D eigenvalue weighted by atomic mass is 10.1. The Bertz CT molecular complexity index is 434. The van der Waals surface area contributed by atoms with Crippen molar-refractivity contribution in [2.24, 2.45) is 5.92 Å². The average molecular weight is 205 g/mol. The largest absolute Gasteiger partial charge is 0.354 e. The van der Waals surface area contributed by atoms with Crippen molar-refractivity contribution in [3.05, 3.63) is 12.5 Å². The zero-order chi connectivity index (χ0) is 10.7. The van der Waals surface area contributed by atoms with E-state index in [2.05, 4.69) is 39.1 Å². The SMILES string of the molecule is CC(C)CCNc1ncc2[nH]cnc2n1. The maximum absolute atomic E-state index is 4.27. The van der Waals surface area contributed by atoms with Gasteiger partial charge in [0.2, 0.25) is 5.95 Å². The van der Waals surface area contributed by atoms with Crippen LogP contribution in [0.1, 0.15) is 20.3 Å². The molecular formula is C10H15N5. The van der Waals surface area contributed by atoms with Gasteiger partial charge in [0.15, 0.2) is 5.65 Å². The van der Waals surface area contributed by atoms with Gasteiger partial charge in [-0.1, -0.05) is 13.8 Å². The molecule has 0 fully saturated rings. The highest BCUT2D eigenvalue weighted by Gasteiger charge is 2.01. The fraction of sp³-hybridized carbons (Fsp3) is 0.500. The molecule has 0 bridgehead atoms. The third kappa shape index (κ3) is 2.43. The van der Waals surface area contributed by atoms with Crippen LogP contribution in [0.3, 0.4) is 0 Å². The molecule has 0 amide bonds. The first-order chi connectivity index (χ1) is 7.25. The van der Waals surface area contributed by atoms with E-state index >= 15 is 0 Å². The van der Waals surface area contributed by atoms with Crippen LogP contribution < -0.4 is 5.32 Å². The molecule has 0 unspecified atom stereocenters. The van der Waals surface area contributed by atoms with Crippen molar-refractivity contribution in [1.29, 1.82) is 0 Å². The molecule has 5 nitrogen and oxygen atoms in total. The van der Waals surface area contributed by atoms with Gasteiger partial charge >= 0.3 is 0 Å². The highest BCUT2D eigenvalue weighted by molar-refractivity contribution is 5.69. The molecule has 2 heterocycles. The normalized spacial score (nSPS) is 11.1. The van der Waals surface area contributed by atoms with E-state index in [0.29, 0.717) is 17.5 Å². The van der Waals surface area contributed by atoms with Crippen LogP contribution in [0.4, 0.5) is 5.95 Å². The lowest BCUT2D eigenvalue weighted by Gasteiger charge is -2.05. The van der Waals surface area contributed by atoms with Crippen LogP contribution in [-0.4, -0.2) is 26.5 Å². The molecule has 0 aromatic carbocycles. The first-order valence-electron chi connectivity index (χ1n) is 5.15. The number of imidazole rings is 1. The van der Waals surface area contributed by atoms with Crippen molar-refractivity contribution in [3.63, 3.8) is 0 Å². The van der Waals surface area contributed by atoms with Gasteiger partial charge in [0.1, 0.15) is 5.52 Å². The molecule has 0 radical (unpaired) electrons. The summed E-state index contributed by atoms with van der Waals surface area (Å²) in [4.78, 5) is 15.5. The summed E-state index contributed by atoms with van der Waals surface area (Å²) in [5, 5.41) is 3.18. The van der Waals surface area contributed by atoms with Crippen molar-refractivity contribution in [2.75, 3.05) is 11.9 Å². The van der Waals surface area contributed by atoms with E-state index in [0.717, 1.165) is 18.5 Å². The molecule has 0 saturated heterocycles. The molecule has 15 heavy (non-hydrogen) atoms. The van der Waals surface area contributed by atoms with Crippen LogP contribution in [0.15, 0.2) is 12.5 Å². The summed E-state index contributed by atoms with van der Waals surface area (Å²) in [6, 6.07) is 0. The Morgan fingerprint density at radius 1 is 1.40 bits per heavy atom. The average Bonchev–Trinajstić information content (AvgIpc) is 2.64. The smallest absolute Gasteiger partial charge is 0.224 e. The topological polar surface area (TPSA) is 66.5 Å². The Morgan fingerprint density at radius 3 is 3.07 bits per heavy atom. The molecule has 2 N–H and O–H groups in total. The Hall–Kier alpha value is -1.65. The van der Waals surface area contributed by atoms with Gasteiger partial charge in [-0.2, -0.15) is 4.98 Å². The van der Waals surface area contributed by atoms with Gasteiger partial charge in [-0.25, -0.2) is 9.97 Å². The lowest BCUT2D eigenvalue weighted by molar-refractivity contribution is 0.606. The zero-order valence-corrected chi connectivity index (χ0v) is 8.99. The summed E-state index contributed by atoms with van der Waals surface area (Å²) >= 11 is 0. The number of hydrogen-bond acceptors (Lipinski definition) is 4. The number of aromatic amines is 1. The van der Waals surface area contributed by atoms with Gasteiger partial charge in [0.25, 0.3) is 0 Å². The standard InChI is InChI=1S/C10H15N5/c1-7(2)3-4-11-10-12-5-8-9(15-10)14-6-13-8/h5-7H,3-4H2,1-2H3,(H2,11,12,13,14,15). The predicted octanol–water partition coefficient (Wildman–Crippen LogP) is 1.81. The van der Waals surface area contributed by atoms with Crippen LogP contribution in [0.5, 0.6) is 0 Å². The molecule has 0 aliphatic heterocycles. The highest BCUT2D eigenvalue weighted by atomic mass is 15.1. The molecule has 2 rings (SSSR count). The number of aromatic nitrogens is 4. The van der Waals surface area contributed by atoms with Crippen LogP contribution >= 0.6 is 0 Å². The first-order valence-corrected chi connectivity index (χ1v) is 5.15. The summed E-state index contributed by atoms with van der Waals surface area (Å²) in [7, 11) is 0. The number of rotatable bonds is 4. The number of H-pyrrole nitrogens is 1. The fourth-order valence-corrected chi connectivity index (χ4v) is 1.29. The van der Waals surface area contributed by atoms with Crippen molar-refractivity contribution in [3.8, 4) is 0 Å². The second-order valence-corrected chi connectivity index (χ2v) is 3.94. The minimum absolute atomic E-state index is 0.648. The van der Waals surface area contributed by atoms with Crippen LogP contribution in [0.2, 0.25) is 0 Å². The molecule has 0 aliphatic rings. The van der Waals surface area contributed by atoms with E-state index in [9.17, 15) is 0 Å². The quantitative estimate of drug-likeness (QED) is 0.798. The maximum atomic E-state index is 4.27. The number of nitrogens with zero attached hydrogens (tertiary/aromatic N) is 3. The van der Waals surface area contributed by atoms with Gasteiger partial charge in [0.05, 0.1) is 12.5 Å². The van der Waals surface area contributed by atoms with Gasteiger partial charge in [-0.15, -0.1) is 0 Å². The van der Waals surface area contributed by atoms with Gasteiger partial charge in [-0.05, 0) is 12.3 Å². The Kier molecular flexibility index (Phi) is 2.80. The van der Waals surface area contributed by atoms with Crippen LogP contribution in [0.25, 0.3) is 11.2 Å². The van der Waals surface area contributed by atoms with Crippen molar-refractivity contribution in [1.82, 2.24) is 19.9 Å². The predicted molar refractivity (Wildman–Crippen MR) is 59.6 cm³/mol. The lowest BCUT2D eigenvalue weighted by Crippen LogP contribution is -2.07. The molecule has 2 aromatic heterocycles. The number of anilines is 1. The first kappa shape index (κ1) is 9.89. The Balaban J connectivity index is 2.02. The number of hydrogen-bond donors (Lipinski definition) is 2. The second kappa shape index (κ2) is 4.25. The van der Waals surface area contributed by atoms with E-state index in [1.807, 2.05) is 0 Å². The summed E-state index contributed by atoms with van der Waals surface area (Å²) in [6.07, 6.45) is 4.48. The van der Waals surface area contributed by atoms with Gasteiger partial charge in [0, 0.05) is 6.54 Å². The van der Waals surface area contributed by atoms with Crippen LogP contribution in [0, 0.1) is 5.92 Å². The monoisotopic (exact) mass is 205 g/mol. The maximum Gasteiger partial charge on any atom is 0.224 e. The summed E-state index contributed by atoms with van der Waals surface area (Å²) in [5.41, 5.74) is 1.57. The van der Waals surface area contributed by atoms with E-state index in [4.69, 9.17) is 0 Å². The third-order valence-electron chi connectivity index (χ3n) is 2.18. The minimum atomic E-state index is 0.648. The van der Waals surface area contributed by atoms with Crippen molar-refractivity contribution < 1.29 is 0 Å². The molecule has 0 saturated carbocycles.